The van der Waals surface area contributed by atoms with Gasteiger partial charge in [0.05, 0.1) is 12.5 Å². The highest BCUT2D eigenvalue weighted by molar-refractivity contribution is 6.76. The van der Waals surface area contributed by atoms with Crippen molar-refractivity contribution in [3.63, 3.8) is 0 Å². The van der Waals surface area contributed by atoms with Gasteiger partial charge >= 0.3 is 0 Å². The summed E-state index contributed by atoms with van der Waals surface area (Å²) in [7, 11) is -1.03. The first-order chi connectivity index (χ1) is 13.5. The number of piperazine rings is 1. The summed E-state index contributed by atoms with van der Waals surface area (Å²) >= 11 is 0. The average molecular weight is 400 g/mol. The van der Waals surface area contributed by atoms with Crippen LogP contribution in [-0.4, -0.2) is 66.5 Å². The Morgan fingerprint density at radius 1 is 1.11 bits per heavy atom. The maximum absolute atomic E-state index is 5.76. The zero-order valence-electron chi connectivity index (χ0n) is 17.4. The SMILES string of the molecule is C[Si](C)(C)CCOCn1cnc(/C=N/N2CCN(Cc3ccccc3)CC2)c1. The van der Waals surface area contributed by atoms with Crippen LogP contribution >= 0.6 is 0 Å². The van der Waals surface area contributed by atoms with Gasteiger partial charge in [-0.3, -0.25) is 9.91 Å². The molecule has 0 spiro atoms. The molecule has 3 rings (SSSR count). The maximum atomic E-state index is 5.76. The van der Waals surface area contributed by atoms with E-state index in [4.69, 9.17) is 4.74 Å². The summed E-state index contributed by atoms with van der Waals surface area (Å²) in [6.07, 6.45) is 5.66. The quantitative estimate of drug-likeness (QED) is 0.369. The minimum absolute atomic E-state index is 0.559. The van der Waals surface area contributed by atoms with Crippen LogP contribution in [0.15, 0.2) is 48.0 Å². The van der Waals surface area contributed by atoms with E-state index in [0.717, 1.165) is 45.0 Å². The Morgan fingerprint density at radius 3 is 2.57 bits per heavy atom. The number of rotatable bonds is 9. The van der Waals surface area contributed by atoms with Gasteiger partial charge in [0, 0.05) is 53.6 Å². The minimum atomic E-state index is -1.03. The Bertz CT molecular complexity index is 733. The molecule has 0 atom stereocenters. The van der Waals surface area contributed by atoms with E-state index in [-0.39, 0.29) is 0 Å². The van der Waals surface area contributed by atoms with E-state index in [2.05, 4.69) is 70.0 Å². The van der Waals surface area contributed by atoms with Crippen molar-refractivity contribution >= 4 is 14.3 Å². The molecular weight excluding hydrogens is 366 g/mol. The van der Waals surface area contributed by atoms with Crippen LogP contribution in [0, 0.1) is 0 Å². The van der Waals surface area contributed by atoms with Gasteiger partial charge in [0.2, 0.25) is 0 Å². The molecule has 2 aromatic rings. The molecule has 0 saturated carbocycles. The van der Waals surface area contributed by atoms with E-state index < -0.39 is 8.07 Å². The molecule has 0 N–H and O–H groups in total. The van der Waals surface area contributed by atoms with E-state index in [1.165, 1.54) is 11.6 Å². The second-order valence-corrected chi connectivity index (χ2v) is 14.2. The molecule has 1 fully saturated rings. The first-order valence-corrected chi connectivity index (χ1v) is 13.8. The fourth-order valence-electron chi connectivity index (χ4n) is 3.06. The summed E-state index contributed by atoms with van der Waals surface area (Å²) in [5, 5.41) is 6.74. The van der Waals surface area contributed by atoms with E-state index in [0.29, 0.717) is 6.73 Å². The van der Waals surface area contributed by atoms with Crippen LogP contribution in [0.3, 0.4) is 0 Å². The number of hydrazone groups is 1. The lowest BCUT2D eigenvalue weighted by Crippen LogP contribution is -2.43. The van der Waals surface area contributed by atoms with Gasteiger partial charge in [0.15, 0.2) is 0 Å². The molecule has 0 radical (unpaired) electrons. The van der Waals surface area contributed by atoms with E-state index in [1.54, 1.807) is 0 Å². The number of hydrogen-bond donors (Lipinski definition) is 0. The monoisotopic (exact) mass is 399 g/mol. The predicted molar refractivity (Wildman–Crippen MR) is 117 cm³/mol. The van der Waals surface area contributed by atoms with Gasteiger partial charge in [0.1, 0.15) is 12.4 Å². The van der Waals surface area contributed by atoms with Crippen molar-refractivity contribution in [2.45, 2.75) is 39.0 Å². The van der Waals surface area contributed by atoms with Crippen molar-refractivity contribution in [3.8, 4) is 0 Å². The van der Waals surface area contributed by atoms with Gasteiger partial charge in [-0.05, 0) is 11.6 Å². The fraction of sp³-hybridized carbons (Fsp3) is 0.524. The first kappa shape index (κ1) is 20.8. The molecule has 1 aromatic carbocycles. The van der Waals surface area contributed by atoms with Crippen LogP contribution in [0.5, 0.6) is 0 Å². The van der Waals surface area contributed by atoms with E-state index in [1.807, 2.05) is 23.3 Å². The van der Waals surface area contributed by atoms with Crippen LogP contribution in [-0.2, 0) is 18.0 Å². The van der Waals surface area contributed by atoms with Crippen LogP contribution in [0.1, 0.15) is 11.3 Å². The number of imidazole rings is 1. The number of ether oxygens (including phenoxy) is 1. The maximum Gasteiger partial charge on any atom is 0.123 e. The summed E-state index contributed by atoms with van der Waals surface area (Å²) in [6.45, 7) is 13.5. The smallest absolute Gasteiger partial charge is 0.123 e. The number of benzene rings is 1. The molecule has 1 aliphatic rings. The molecule has 7 heteroatoms. The standard InChI is InChI=1S/C21H33N5OSi/c1-28(2,3)14-13-27-19-25-17-21(22-18-25)15-23-26-11-9-24(10-12-26)16-20-7-5-4-6-8-20/h4-8,15,17-18H,9-14,16,19H2,1-3H3/b23-15+. The molecule has 0 unspecified atom stereocenters. The largest absolute Gasteiger partial charge is 0.361 e. The Morgan fingerprint density at radius 2 is 1.86 bits per heavy atom. The van der Waals surface area contributed by atoms with Crippen molar-refractivity contribution in [1.29, 1.82) is 0 Å². The normalized spacial score (nSPS) is 16.2. The van der Waals surface area contributed by atoms with E-state index >= 15 is 0 Å². The zero-order chi connectivity index (χ0) is 19.8. The highest BCUT2D eigenvalue weighted by atomic mass is 28.3. The molecule has 0 amide bonds. The highest BCUT2D eigenvalue weighted by Crippen LogP contribution is 2.09. The van der Waals surface area contributed by atoms with Crippen LogP contribution in [0.25, 0.3) is 0 Å². The molecule has 152 valence electrons. The van der Waals surface area contributed by atoms with Gasteiger partial charge in [-0.15, -0.1) is 0 Å². The van der Waals surface area contributed by atoms with E-state index in [9.17, 15) is 0 Å². The molecule has 0 bridgehead atoms. The number of nitrogens with zero attached hydrogens (tertiary/aromatic N) is 5. The molecule has 1 aromatic heterocycles. The van der Waals surface area contributed by atoms with Gasteiger partial charge in [-0.25, -0.2) is 4.98 Å². The van der Waals surface area contributed by atoms with Crippen LogP contribution in [0.2, 0.25) is 25.7 Å². The molecule has 2 heterocycles. The lowest BCUT2D eigenvalue weighted by atomic mass is 10.2. The molecule has 6 nitrogen and oxygen atoms in total. The lowest BCUT2D eigenvalue weighted by Gasteiger charge is -2.32. The topological polar surface area (TPSA) is 45.9 Å². The van der Waals surface area contributed by atoms with Gasteiger partial charge in [0.25, 0.3) is 0 Å². The Kier molecular flexibility index (Phi) is 7.41. The highest BCUT2D eigenvalue weighted by Gasteiger charge is 2.15. The summed E-state index contributed by atoms with van der Waals surface area (Å²) in [4.78, 5) is 6.88. The second-order valence-electron chi connectivity index (χ2n) is 8.62. The van der Waals surface area contributed by atoms with Crippen molar-refractivity contribution in [3.05, 3.63) is 54.1 Å². The van der Waals surface area contributed by atoms with Crippen molar-refractivity contribution in [1.82, 2.24) is 19.5 Å². The summed E-state index contributed by atoms with van der Waals surface area (Å²) in [5.41, 5.74) is 2.25. The Balaban J connectivity index is 1.37. The van der Waals surface area contributed by atoms with Gasteiger partial charge in [-0.1, -0.05) is 50.0 Å². The molecule has 1 saturated heterocycles. The number of aromatic nitrogens is 2. The predicted octanol–water partition coefficient (Wildman–Crippen LogP) is 3.35. The molecular formula is C21H33N5OSi. The van der Waals surface area contributed by atoms with Crippen molar-refractivity contribution < 1.29 is 4.74 Å². The average Bonchev–Trinajstić information content (AvgIpc) is 3.13. The Hall–Kier alpha value is -1.96. The first-order valence-electron chi connectivity index (χ1n) is 10.1. The van der Waals surface area contributed by atoms with Gasteiger partial charge < -0.3 is 9.30 Å². The summed E-state index contributed by atoms with van der Waals surface area (Å²) < 4.78 is 7.74. The second kappa shape index (κ2) is 10.00. The van der Waals surface area contributed by atoms with Crippen LogP contribution < -0.4 is 0 Å². The van der Waals surface area contributed by atoms with Crippen molar-refractivity contribution in [2.75, 3.05) is 32.8 Å². The number of hydrogen-bond acceptors (Lipinski definition) is 5. The fourth-order valence-corrected chi connectivity index (χ4v) is 3.81. The molecule has 0 aliphatic carbocycles. The van der Waals surface area contributed by atoms with Gasteiger partial charge in [-0.2, -0.15) is 5.10 Å². The third-order valence-electron chi connectivity index (χ3n) is 4.84. The molecule has 1 aliphatic heterocycles. The summed E-state index contributed by atoms with van der Waals surface area (Å²) in [6, 6.07) is 11.8. The zero-order valence-corrected chi connectivity index (χ0v) is 18.4. The molecule has 28 heavy (non-hydrogen) atoms. The Labute approximate surface area is 169 Å². The third-order valence-corrected chi connectivity index (χ3v) is 6.55. The lowest BCUT2D eigenvalue weighted by molar-refractivity contribution is 0.0871. The third kappa shape index (κ3) is 7.22. The van der Waals surface area contributed by atoms with Crippen molar-refractivity contribution in [2.24, 2.45) is 5.10 Å². The summed E-state index contributed by atoms with van der Waals surface area (Å²) in [5.74, 6) is 0. The minimum Gasteiger partial charge on any atom is -0.361 e. The van der Waals surface area contributed by atoms with Crippen LogP contribution in [0.4, 0.5) is 0 Å².